The van der Waals surface area contributed by atoms with Gasteiger partial charge in [-0.3, -0.25) is 0 Å². The molecule has 142 valence electrons. The Kier molecular flexibility index (Phi) is 4.45. The third-order valence-electron chi connectivity index (χ3n) is 4.49. The fourth-order valence-corrected chi connectivity index (χ4v) is 3.47. The first-order valence-electron chi connectivity index (χ1n) is 8.63. The van der Waals surface area contributed by atoms with Crippen LogP contribution in [0.2, 0.25) is 5.02 Å². The molecule has 6 nitrogen and oxygen atoms in total. The van der Waals surface area contributed by atoms with E-state index in [9.17, 15) is 14.7 Å². The minimum absolute atomic E-state index is 0.196. The summed E-state index contributed by atoms with van der Waals surface area (Å²) in [4.78, 5) is 25.8. The normalized spacial score (nSPS) is 11.6. The van der Waals surface area contributed by atoms with Gasteiger partial charge < -0.3 is 18.8 Å². The Morgan fingerprint density at radius 1 is 1.00 bits per heavy atom. The first-order valence-corrected chi connectivity index (χ1v) is 9.01. The van der Waals surface area contributed by atoms with E-state index in [-0.39, 0.29) is 16.9 Å². The molecule has 2 aromatic carbocycles. The molecule has 0 aliphatic heterocycles. The Morgan fingerprint density at radius 3 is 2.54 bits per heavy atom. The smallest absolute Gasteiger partial charge is 0.344 e. The fraction of sp³-hybridized carbons (Fsp3) is 0.143. The molecule has 4 aromatic rings. The lowest BCUT2D eigenvalue weighted by molar-refractivity contribution is -0.872. The standard InChI is InChI=1S/C21H16ClNO5/c1-23(2)10-16-17(24)5-4-13-14(9-19(25)28-20(13)16)15-8-11-7-12(22)3-6-18(11)27-21(15)26/h3-9,24H,10H2,1-2H3. The Bertz CT molecular complexity index is 1340. The van der Waals surface area contributed by atoms with Crippen LogP contribution >= 0.6 is 11.6 Å². The van der Waals surface area contributed by atoms with Gasteiger partial charge in [0.05, 0.1) is 19.7 Å². The Labute approximate surface area is 164 Å². The van der Waals surface area contributed by atoms with E-state index in [2.05, 4.69) is 0 Å². The highest BCUT2D eigenvalue weighted by atomic mass is 35.5. The molecular weight excluding hydrogens is 382 g/mol. The van der Waals surface area contributed by atoms with Crippen molar-refractivity contribution in [3.05, 3.63) is 73.9 Å². The van der Waals surface area contributed by atoms with Crippen LogP contribution in [0.3, 0.4) is 0 Å². The summed E-state index contributed by atoms with van der Waals surface area (Å²) in [6.45, 7) is 0.379. The Hall–Kier alpha value is -3.09. The molecule has 0 radical (unpaired) electrons. The molecule has 0 amide bonds. The van der Waals surface area contributed by atoms with Gasteiger partial charge in [0.25, 0.3) is 0 Å². The number of quaternary nitrogens is 1. The van der Waals surface area contributed by atoms with Crippen LogP contribution in [0, 0.1) is 0 Å². The van der Waals surface area contributed by atoms with Gasteiger partial charge in [-0.2, -0.15) is 0 Å². The second-order valence-electron chi connectivity index (χ2n) is 6.91. The molecule has 0 aliphatic rings. The fourth-order valence-electron chi connectivity index (χ4n) is 3.29. The van der Waals surface area contributed by atoms with Crippen molar-refractivity contribution in [3.63, 3.8) is 0 Å². The molecule has 28 heavy (non-hydrogen) atoms. The van der Waals surface area contributed by atoms with Gasteiger partial charge in [-0.25, -0.2) is 9.59 Å². The predicted octanol–water partition coefficient (Wildman–Crippen LogP) is 1.94. The van der Waals surface area contributed by atoms with Crippen LogP contribution in [-0.2, 0) is 6.54 Å². The number of nitrogens with one attached hydrogen (secondary N) is 1. The summed E-state index contributed by atoms with van der Waals surface area (Å²) in [6, 6.07) is 10.8. The maximum Gasteiger partial charge on any atom is 0.344 e. The Morgan fingerprint density at radius 2 is 1.79 bits per heavy atom. The third kappa shape index (κ3) is 3.17. The highest BCUT2D eigenvalue weighted by Gasteiger charge is 2.17. The number of benzene rings is 2. The number of rotatable bonds is 3. The zero-order valence-electron chi connectivity index (χ0n) is 15.2. The van der Waals surface area contributed by atoms with Crippen molar-refractivity contribution in [2.24, 2.45) is 0 Å². The largest absolute Gasteiger partial charge is 0.872 e. The minimum atomic E-state index is -0.645. The first kappa shape index (κ1) is 18.3. The second-order valence-corrected chi connectivity index (χ2v) is 7.35. The van der Waals surface area contributed by atoms with Crippen molar-refractivity contribution in [2.75, 3.05) is 14.1 Å². The molecule has 0 spiro atoms. The highest BCUT2D eigenvalue weighted by Crippen LogP contribution is 2.32. The molecule has 7 heteroatoms. The van der Waals surface area contributed by atoms with E-state index in [0.29, 0.717) is 39.0 Å². The Balaban J connectivity index is 2.07. The van der Waals surface area contributed by atoms with Gasteiger partial charge in [0.15, 0.2) is 0 Å². The third-order valence-corrected chi connectivity index (χ3v) is 4.72. The summed E-state index contributed by atoms with van der Waals surface area (Å²) in [5.74, 6) is -0.216. The second kappa shape index (κ2) is 6.82. The van der Waals surface area contributed by atoms with Crippen molar-refractivity contribution in [1.29, 1.82) is 0 Å². The topological polar surface area (TPSA) is 87.9 Å². The molecule has 0 saturated carbocycles. The van der Waals surface area contributed by atoms with Crippen LogP contribution in [0.5, 0.6) is 5.75 Å². The van der Waals surface area contributed by atoms with Gasteiger partial charge in [0.2, 0.25) is 0 Å². The van der Waals surface area contributed by atoms with Crippen LogP contribution in [-0.4, -0.2) is 14.1 Å². The molecule has 2 heterocycles. The lowest BCUT2D eigenvalue weighted by Gasteiger charge is -2.17. The number of hydrogen-bond donors (Lipinski definition) is 1. The summed E-state index contributed by atoms with van der Waals surface area (Å²) in [5, 5.41) is 14.0. The van der Waals surface area contributed by atoms with E-state index in [0.717, 1.165) is 4.90 Å². The molecule has 0 bridgehead atoms. The van der Waals surface area contributed by atoms with Gasteiger partial charge in [0, 0.05) is 33.0 Å². The van der Waals surface area contributed by atoms with Crippen LogP contribution in [0.25, 0.3) is 33.1 Å². The molecule has 0 aliphatic carbocycles. The summed E-state index contributed by atoms with van der Waals surface area (Å²) < 4.78 is 10.8. The molecular formula is C21H16ClNO5. The van der Waals surface area contributed by atoms with E-state index in [1.165, 1.54) is 12.1 Å². The molecule has 1 N–H and O–H groups in total. The molecule has 4 rings (SSSR count). The van der Waals surface area contributed by atoms with Crippen molar-refractivity contribution in [2.45, 2.75) is 6.54 Å². The predicted molar refractivity (Wildman–Crippen MR) is 105 cm³/mol. The lowest BCUT2D eigenvalue weighted by atomic mass is 10.00. The van der Waals surface area contributed by atoms with Gasteiger partial charge in [-0.05, 0) is 24.3 Å². The zero-order valence-corrected chi connectivity index (χ0v) is 15.9. The van der Waals surface area contributed by atoms with E-state index in [4.69, 9.17) is 20.4 Å². The average molecular weight is 398 g/mol. The number of fused-ring (bicyclic) bond motifs is 2. The van der Waals surface area contributed by atoms with Crippen LogP contribution in [0.4, 0.5) is 0 Å². The van der Waals surface area contributed by atoms with Crippen LogP contribution < -0.4 is 21.3 Å². The van der Waals surface area contributed by atoms with E-state index >= 15 is 0 Å². The molecule has 0 unspecified atom stereocenters. The molecule has 2 aromatic heterocycles. The zero-order chi connectivity index (χ0) is 20.0. The van der Waals surface area contributed by atoms with Crippen LogP contribution in [0.15, 0.2) is 60.9 Å². The monoisotopic (exact) mass is 397 g/mol. The first-order chi connectivity index (χ1) is 13.3. The lowest BCUT2D eigenvalue weighted by Crippen LogP contribution is -3.04. The summed E-state index contributed by atoms with van der Waals surface area (Å²) in [5.41, 5.74) is 0.309. The van der Waals surface area contributed by atoms with Crippen molar-refractivity contribution >= 4 is 33.5 Å². The van der Waals surface area contributed by atoms with Gasteiger partial charge >= 0.3 is 11.3 Å². The van der Waals surface area contributed by atoms with Crippen molar-refractivity contribution < 1.29 is 18.8 Å². The molecule has 0 atom stereocenters. The molecule has 0 saturated heterocycles. The van der Waals surface area contributed by atoms with Gasteiger partial charge in [-0.15, -0.1) is 0 Å². The van der Waals surface area contributed by atoms with Crippen LogP contribution in [0.1, 0.15) is 5.56 Å². The number of hydrogen-bond acceptors (Lipinski definition) is 5. The van der Waals surface area contributed by atoms with Gasteiger partial charge in [-0.1, -0.05) is 29.5 Å². The molecule has 0 fully saturated rings. The quantitative estimate of drug-likeness (QED) is 0.534. The van der Waals surface area contributed by atoms with Crippen molar-refractivity contribution in [3.8, 4) is 16.9 Å². The summed E-state index contributed by atoms with van der Waals surface area (Å²) >= 11 is 6.04. The highest BCUT2D eigenvalue weighted by molar-refractivity contribution is 6.31. The SMILES string of the molecule is C[NH+](C)Cc1c([O-])ccc2c(-c3cc4cc(Cl)ccc4oc3=O)cc(=O)oc12. The van der Waals surface area contributed by atoms with E-state index in [1.807, 2.05) is 14.1 Å². The van der Waals surface area contributed by atoms with Crippen molar-refractivity contribution in [1.82, 2.24) is 0 Å². The van der Waals surface area contributed by atoms with E-state index < -0.39 is 11.3 Å². The average Bonchev–Trinajstić information content (AvgIpc) is 2.63. The maximum atomic E-state index is 12.6. The van der Waals surface area contributed by atoms with E-state index in [1.54, 1.807) is 30.3 Å². The number of halogens is 1. The maximum absolute atomic E-state index is 12.6. The summed E-state index contributed by atoms with van der Waals surface area (Å²) in [7, 11) is 3.78. The minimum Gasteiger partial charge on any atom is -0.872 e. The van der Waals surface area contributed by atoms with Gasteiger partial charge in [0.1, 0.15) is 17.7 Å². The summed E-state index contributed by atoms with van der Waals surface area (Å²) in [6.07, 6.45) is 0.